The van der Waals surface area contributed by atoms with E-state index >= 15 is 0 Å². The van der Waals surface area contributed by atoms with Crippen molar-refractivity contribution in [1.82, 2.24) is 4.90 Å². The lowest BCUT2D eigenvalue weighted by atomic mass is 9.99. The van der Waals surface area contributed by atoms with E-state index in [-0.39, 0.29) is 11.1 Å². The van der Waals surface area contributed by atoms with Crippen molar-refractivity contribution in [2.75, 3.05) is 6.54 Å². The van der Waals surface area contributed by atoms with Crippen molar-refractivity contribution >= 4 is 11.6 Å². The lowest BCUT2D eigenvalue weighted by molar-refractivity contribution is 0.196. The Balaban J connectivity index is 1.63. The van der Waals surface area contributed by atoms with Crippen LogP contribution in [0.1, 0.15) is 30.4 Å². The molecular formula is C20H19ClFN3. The van der Waals surface area contributed by atoms with Crippen LogP contribution < -0.4 is 5.73 Å². The van der Waals surface area contributed by atoms with E-state index in [2.05, 4.69) is 4.90 Å². The van der Waals surface area contributed by atoms with Crippen LogP contribution in [0.2, 0.25) is 5.02 Å². The molecule has 2 aromatic rings. The average molecular weight is 356 g/mol. The minimum atomic E-state index is -0.525. The molecule has 2 atom stereocenters. The minimum absolute atomic E-state index is 0.0367. The normalized spacial score (nSPS) is 25.3. The predicted octanol–water partition coefficient (Wildman–Crippen LogP) is 4.08. The van der Waals surface area contributed by atoms with Gasteiger partial charge in [0, 0.05) is 30.2 Å². The van der Waals surface area contributed by atoms with Crippen molar-refractivity contribution < 1.29 is 4.39 Å². The number of hydrogen-bond acceptors (Lipinski definition) is 3. The smallest absolute Gasteiger partial charge is 0.141 e. The molecule has 1 heterocycles. The van der Waals surface area contributed by atoms with Crippen molar-refractivity contribution in [3.05, 3.63) is 58.4 Å². The van der Waals surface area contributed by atoms with Crippen LogP contribution in [0, 0.1) is 17.1 Å². The molecule has 0 spiro atoms. The lowest BCUT2D eigenvalue weighted by Crippen LogP contribution is -2.44. The third kappa shape index (κ3) is 2.93. The number of hydrogen-bond donors (Lipinski definition) is 1. The molecule has 1 aliphatic heterocycles. The Labute approximate surface area is 151 Å². The highest BCUT2D eigenvalue weighted by atomic mass is 35.5. The van der Waals surface area contributed by atoms with Gasteiger partial charge in [0.1, 0.15) is 11.9 Å². The molecule has 0 amide bonds. The van der Waals surface area contributed by atoms with Crippen LogP contribution in [-0.2, 0) is 6.54 Å². The molecule has 2 fully saturated rings. The molecule has 1 saturated carbocycles. The second-order valence-corrected chi connectivity index (χ2v) is 7.63. The Hall–Kier alpha value is -1.93. The zero-order valence-electron chi connectivity index (χ0n) is 13.8. The Morgan fingerprint density at radius 3 is 2.84 bits per heavy atom. The number of rotatable bonds is 3. The predicted molar refractivity (Wildman–Crippen MR) is 96.5 cm³/mol. The first-order valence-electron chi connectivity index (χ1n) is 8.49. The van der Waals surface area contributed by atoms with E-state index in [4.69, 9.17) is 22.6 Å². The van der Waals surface area contributed by atoms with Gasteiger partial charge in [0.2, 0.25) is 0 Å². The summed E-state index contributed by atoms with van der Waals surface area (Å²) in [5.41, 5.74) is 8.90. The monoisotopic (exact) mass is 355 g/mol. The fraction of sp³-hybridized carbons (Fsp3) is 0.350. The Kier molecular flexibility index (Phi) is 4.04. The van der Waals surface area contributed by atoms with Gasteiger partial charge in [-0.05, 0) is 42.5 Å². The molecule has 5 heteroatoms. The number of benzene rings is 2. The third-order valence-electron chi connectivity index (χ3n) is 5.50. The minimum Gasteiger partial charge on any atom is -0.324 e. The molecule has 1 aliphatic carbocycles. The summed E-state index contributed by atoms with van der Waals surface area (Å²) in [6.45, 7) is 1.67. The molecule has 0 aromatic heterocycles. The molecule has 3 nitrogen and oxygen atoms in total. The van der Waals surface area contributed by atoms with Gasteiger partial charge in [-0.2, -0.15) is 5.26 Å². The number of halogens is 2. The van der Waals surface area contributed by atoms with Gasteiger partial charge in [-0.15, -0.1) is 0 Å². The number of piperidine rings is 1. The highest BCUT2D eigenvalue weighted by molar-refractivity contribution is 6.34. The number of nitrogens with two attached hydrogens (primary N) is 1. The highest BCUT2D eigenvalue weighted by Gasteiger charge is 2.46. The van der Waals surface area contributed by atoms with Crippen molar-refractivity contribution in [3.8, 4) is 17.2 Å². The summed E-state index contributed by atoms with van der Waals surface area (Å²) in [4.78, 5) is 2.41. The van der Waals surface area contributed by atoms with Gasteiger partial charge in [0.25, 0.3) is 0 Å². The molecule has 2 bridgehead atoms. The van der Waals surface area contributed by atoms with Crippen LogP contribution in [0.25, 0.3) is 11.1 Å². The molecule has 2 N–H and O–H groups in total. The first-order valence-corrected chi connectivity index (χ1v) is 8.87. The Morgan fingerprint density at radius 1 is 1.36 bits per heavy atom. The van der Waals surface area contributed by atoms with E-state index in [0.717, 1.165) is 43.5 Å². The van der Waals surface area contributed by atoms with Gasteiger partial charge in [0.15, 0.2) is 0 Å². The summed E-state index contributed by atoms with van der Waals surface area (Å²) in [5.74, 6) is -0.525. The average Bonchev–Trinajstić information content (AvgIpc) is 3.12. The maximum atomic E-state index is 14.0. The third-order valence-corrected chi connectivity index (χ3v) is 5.95. The van der Waals surface area contributed by atoms with Crippen LogP contribution in [0.5, 0.6) is 0 Å². The summed E-state index contributed by atoms with van der Waals surface area (Å²) in [6.07, 6.45) is 3.31. The van der Waals surface area contributed by atoms with Crippen LogP contribution in [-0.4, -0.2) is 23.0 Å². The maximum absolute atomic E-state index is 14.0. The molecule has 2 aromatic carbocycles. The first-order chi connectivity index (χ1) is 12.0. The second-order valence-electron chi connectivity index (χ2n) is 7.25. The van der Waals surface area contributed by atoms with E-state index in [1.807, 2.05) is 24.3 Å². The van der Waals surface area contributed by atoms with Gasteiger partial charge < -0.3 is 5.73 Å². The van der Waals surface area contributed by atoms with Crippen molar-refractivity contribution in [2.24, 2.45) is 5.73 Å². The molecular weight excluding hydrogens is 337 g/mol. The lowest BCUT2D eigenvalue weighted by Gasteiger charge is -2.30. The van der Waals surface area contributed by atoms with Crippen LogP contribution in [0.4, 0.5) is 4.39 Å². The summed E-state index contributed by atoms with van der Waals surface area (Å²) in [6, 6.07) is 12.8. The van der Waals surface area contributed by atoms with E-state index in [1.54, 1.807) is 6.07 Å². The standard InChI is InChI=1S/C20H19ClFN3/c21-19-15(11-25-12-20(24)7-6-16(25)9-20)2-1-3-17(19)13-4-5-14(10-23)18(22)8-13/h1-5,8,16H,6-7,9,11-12,24H2. The zero-order chi connectivity index (χ0) is 17.6. The van der Waals surface area contributed by atoms with Crippen LogP contribution >= 0.6 is 11.6 Å². The largest absolute Gasteiger partial charge is 0.324 e. The molecule has 1 saturated heterocycles. The summed E-state index contributed by atoms with van der Waals surface area (Å²) >= 11 is 6.64. The molecule has 25 heavy (non-hydrogen) atoms. The van der Waals surface area contributed by atoms with Crippen LogP contribution in [0.3, 0.4) is 0 Å². The molecule has 2 unspecified atom stereocenters. The molecule has 2 aliphatic rings. The van der Waals surface area contributed by atoms with E-state index in [9.17, 15) is 4.39 Å². The number of fused-ring (bicyclic) bond motifs is 2. The molecule has 128 valence electrons. The topological polar surface area (TPSA) is 53.0 Å². The second kappa shape index (κ2) is 6.10. The van der Waals surface area contributed by atoms with Crippen molar-refractivity contribution in [3.63, 3.8) is 0 Å². The summed E-state index contributed by atoms with van der Waals surface area (Å²) in [5, 5.41) is 9.52. The highest BCUT2D eigenvalue weighted by Crippen LogP contribution is 2.41. The summed E-state index contributed by atoms with van der Waals surface area (Å²) < 4.78 is 14.0. The van der Waals surface area contributed by atoms with Gasteiger partial charge in [-0.3, -0.25) is 4.90 Å². The first kappa shape index (κ1) is 16.5. The number of likely N-dealkylation sites (tertiary alicyclic amines) is 1. The van der Waals surface area contributed by atoms with Gasteiger partial charge in [-0.1, -0.05) is 35.9 Å². The maximum Gasteiger partial charge on any atom is 0.141 e. The fourth-order valence-corrected chi connectivity index (χ4v) is 4.51. The number of nitriles is 1. The van der Waals surface area contributed by atoms with Crippen LogP contribution in [0.15, 0.2) is 36.4 Å². The quantitative estimate of drug-likeness (QED) is 0.902. The van der Waals surface area contributed by atoms with Gasteiger partial charge >= 0.3 is 0 Å². The Bertz CT molecular complexity index is 876. The van der Waals surface area contributed by atoms with E-state index < -0.39 is 5.82 Å². The number of nitrogens with zero attached hydrogens (tertiary/aromatic N) is 2. The van der Waals surface area contributed by atoms with Gasteiger partial charge in [0.05, 0.1) is 10.6 Å². The van der Waals surface area contributed by atoms with Crippen molar-refractivity contribution in [2.45, 2.75) is 37.4 Å². The van der Waals surface area contributed by atoms with Crippen molar-refractivity contribution in [1.29, 1.82) is 5.26 Å². The van der Waals surface area contributed by atoms with Gasteiger partial charge in [-0.25, -0.2) is 4.39 Å². The molecule has 4 rings (SSSR count). The fourth-order valence-electron chi connectivity index (χ4n) is 4.22. The molecule has 0 radical (unpaired) electrons. The SMILES string of the molecule is N#Cc1ccc(-c2cccc(CN3CC4(N)CCC3C4)c2Cl)cc1F. The zero-order valence-corrected chi connectivity index (χ0v) is 14.6. The Morgan fingerprint density at radius 2 is 2.20 bits per heavy atom. The summed E-state index contributed by atoms with van der Waals surface area (Å²) in [7, 11) is 0. The van der Waals surface area contributed by atoms with E-state index in [1.165, 1.54) is 12.1 Å². The van der Waals surface area contributed by atoms with E-state index in [0.29, 0.717) is 16.6 Å².